The fourth-order valence-electron chi connectivity index (χ4n) is 2.24. The van der Waals surface area contributed by atoms with E-state index in [1.807, 2.05) is 20.8 Å². The molecule has 3 rings (SSSR count). The number of aromatic nitrogens is 4. The van der Waals surface area contributed by atoms with E-state index in [0.29, 0.717) is 22.1 Å². The van der Waals surface area contributed by atoms with Crippen LogP contribution in [0.3, 0.4) is 0 Å². The van der Waals surface area contributed by atoms with Crippen molar-refractivity contribution in [2.45, 2.75) is 26.2 Å². The van der Waals surface area contributed by atoms with Crippen LogP contribution in [-0.2, 0) is 5.41 Å². The summed E-state index contributed by atoms with van der Waals surface area (Å²) >= 11 is 5.99. The number of nitrogens with zero attached hydrogens (tertiary/aromatic N) is 3. The van der Waals surface area contributed by atoms with Crippen LogP contribution < -0.4 is 5.73 Å². The van der Waals surface area contributed by atoms with Gasteiger partial charge in [0.05, 0.1) is 10.7 Å². The van der Waals surface area contributed by atoms with Crippen LogP contribution in [0, 0.1) is 5.82 Å². The van der Waals surface area contributed by atoms with Gasteiger partial charge in [0, 0.05) is 28.8 Å². The Morgan fingerprint density at radius 3 is 2.68 bits per heavy atom. The standard InChI is InChI=1S/C15H15ClFN5/c1-15(2,3)11-10(17)12(18)22-14(21-11)9-6-20-13-8(9)4-7(16)5-19-13/h4-6H,1-3H3,(H,19,20)(H2,18,21,22). The molecule has 3 heterocycles. The molecule has 3 aromatic rings. The van der Waals surface area contributed by atoms with E-state index in [2.05, 4.69) is 19.9 Å². The van der Waals surface area contributed by atoms with Crippen LogP contribution in [0.4, 0.5) is 10.2 Å². The quantitative estimate of drug-likeness (QED) is 0.716. The van der Waals surface area contributed by atoms with Gasteiger partial charge in [-0.05, 0) is 6.07 Å². The lowest BCUT2D eigenvalue weighted by atomic mass is 9.91. The van der Waals surface area contributed by atoms with Crippen molar-refractivity contribution < 1.29 is 4.39 Å². The number of pyridine rings is 1. The zero-order valence-corrected chi connectivity index (χ0v) is 13.2. The molecule has 0 saturated carbocycles. The molecule has 0 spiro atoms. The van der Waals surface area contributed by atoms with Crippen molar-refractivity contribution in [2.24, 2.45) is 0 Å². The molecule has 0 atom stereocenters. The maximum atomic E-state index is 14.2. The molecular formula is C15H15ClFN5. The van der Waals surface area contributed by atoms with Gasteiger partial charge in [-0.1, -0.05) is 32.4 Å². The number of hydrogen-bond donors (Lipinski definition) is 2. The summed E-state index contributed by atoms with van der Waals surface area (Å²) in [6.07, 6.45) is 3.26. The number of halogens is 2. The molecule has 0 aliphatic heterocycles. The van der Waals surface area contributed by atoms with Crippen molar-refractivity contribution in [3.8, 4) is 11.4 Å². The predicted molar refractivity (Wildman–Crippen MR) is 85.2 cm³/mol. The van der Waals surface area contributed by atoms with Gasteiger partial charge in [-0.25, -0.2) is 19.3 Å². The largest absolute Gasteiger partial charge is 0.381 e. The zero-order chi connectivity index (χ0) is 16.1. The first-order valence-electron chi connectivity index (χ1n) is 6.74. The Kier molecular flexibility index (Phi) is 3.29. The van der Waals surface area contributed by atoms with Gasteiger partial charge in [0.2, 0.25) is 0 Å². The highest BCUT2D eigenvalue weighted by molar-refractivity contribution is 6.31. The maximum Gasteiger partial charge on any atom is 0.187 e. The first-order chi connectivity index (χ1) is 10.3. The second-order valence-electron chi connectivity index (χ2n) is 6.10. The van der Waals surface area contributed by atoms with Crippen molar-refractivity contribution in [1.29, 1.82) is 0 Å². The third-order valence-corrected chi connectivity index (χ3v) is 3.53. The van der Waals surface area contributed by atoms with Crippen LogP contribution in [0.25, 0.3) is 22.4 Å². The number of fused-ring (bicyclic) bond motifs is 1. The highest BCUT2D eigenvalue weighted by Crippen LogP contribution is 2.31. The van der Waals surface area contributed by atoms with E-state index in [4.69, 9.17) is 17.3 Å². The second-order valence-corrected chi connectivity index (χ2v) is 6.53. The Bertz CT molecular complexity index is 866. The third kappa shape index (κ3) is 2.39. The number of nitrogen functional groups attached to an aromatic ring is 1. The van der Waals surface area contributed by atoms with Crippen LogP contribution in [0.1, 0.15) is 26.5 Å². The first kappa shape index (κ1) is 14.7. The molecule has 7 heteroatoms. The highest BCUT2D eigenvalue weighted by Gasteiger charge is 2.25. The molecule has 0 unspecified atom stereocenters. The van der Waals surface area contributed by atoms with Gasteiger partial charge in [0.25, 0.3) is 0 Å². The number of hydrogen-bond acceptors (Lipinski definition) is 4. The van der Waals surface area contributed by atoms with Gasteiger partial charge in [0.1, 0.15) is 5.65 Å². The molecule has 5 nitrogen and oxygen atoms in total. The molecule has 0 radical (unpaired) electrons. The van der Waals surface area contributed by atoms with E-state index in [0.717, 1.165) is 5.39 Å². The smallest absolute Gasteiger partial charge is 0.187 e. The minimum atomic E-state index is -0.577. The van der Waals surface area contributed by atoms with E-state index < -0.39 is 11.2 Å². The lowest BCUT2D eigenvalue weighted by molar-refractivity contribution is 0.502. The zero-order valence-electron chi connectivity index (χ0n) is 12.4. The van der Waals surface area contributed by atoms with E-state index in [1.54, 1.807) is 18.5 Å². The number of H-pyrrole nitrogens is 1. The Labute approximate surface area is 131 Å². The lowest BCUT2D eigenvalue weighted by Gasteiger charge is -2.19. The molecule has 22 heavy (non-hydrogen) atoms. The number of nitrogens with two attached hydrogens (primary N) is 1. The van der Waals surface area contributed by atoms with Gasteiger partial charge in [0.15, 0.2) is 17.5 Å². The number of aromatic amines is 1. The summed E-state index contributed by atoms with van der Waals surface area (Å²) in [7, 11) is 0. The van der Waals surface area contributed by atoms with Crippen molar-refractivity contribution in [1.82, 2.24) is 19.9 Å². The molecule has 114 valence electrons. The molecule has 0 aliphatic carbocycles. The van der Waals surface area contributed by atoms with E-state index in [-0.39, 0.29) is 11.5 Å². The SMILES string of the molecule is CC(C)(C)c1nc(-c2c[nH]c3ncc(Cl)cc23)nc(N)c1F. The number of nitrogens with one attached hydrogen (secondary N) is 1. The molecule has 3 N–H and O–H groups in total. The van der Waals surface area contributed by atoms with Crippen molar-refractivity contribution >= 4 is 28.5 Å². The Balaban J connectivity index is 2.27. The average molecular weight is 320 g/mol. The molecule has 3 aromatic heterocycles. The summed E-state index contributed by atoms with van der Waals surface area (Å²) in [5, 5.41) is 1.26. The summed E-state index contributed by atoms with van der Waals surface area (Å²) < 4.78 is 14.2. The first-order valence-corrected chi connectivity index (χ1v) is 7.11. The number of rotatable bonds is 1. The molecule has 0 fully saturated rings. The minimum Gasteiger partial charge on any atom is -0.381 e. The molecule has 0 aromatic carbocycles. The lowest BCUT2D eigenvalue weighted by Crippen LogP contribution is -2.19. The normalized spacial score (nSPS) is 12.0. The average Bonchev–Trinajstić information content (AvgIpc) is 2.83. The molecule has 0 bridgehead atoms. The summed E-state index contributed by atoms with van der Waals surface area (Å²) in [6, 6.07) is 1.76. The van der Waals surface area contributed by atoms with Crippen LogP contribution in [-0.4, -0.2) is 19.9 Å². The predicted octanol–water partition coefficient (Wildman–Crippen LogP) is 3.69. The third-order valence-electron chi connectivity index (χ3n) is 3.33. The van der Waals surface area contributed by atoms with Gasteiger partial charge in [-0.3, -0.25) is 0 Å². The summed E-state index contributed by atoms with van der Waals surface area (Å²) in [4.78, 5) is 15.7. The summed E-state index contributed by atoms with van der Waals surface area (Å²) in [5.41, 5.74) is 6.85. The van der Waals surface area contributed by atoms with Crippen molar-refractivity contribution in [2.75, 3.05) is 5.73 Å². The Hall–Kier alpha value is -2.21. The summed E-state index contributed by atoms with van der Waals surface area (Å²) in [6.45, 7) is 5.61. The van der Waals surface area contributed by atoms with E-state index in [1.165, 1.54) is 0 Å². The van der Waals surface area contributed by atoms with E-state index in [9.17, 15) is 4.39 Å². The van der Waals surface area contributed by atoms with Crippen LogP contribution in [0.2, 0.25) is 5.02 Å². The monoisotopic (exact) mass is 319 g/mol. The van der Waals surface area contributed by atoms with Gasteiger partial charge in [-0.2, -0.15) is 0 Å². The molecule has 0 amide bonds. The Morgan fingerprint density at radius 2 is 2.00 bits per heavy atom. The molecule has 0 aliphatic rings. The fraction of sp³-hybridized carbons (Fsp3) is 0.267. The minimum absolute atomic E-state index is 0.167. The maximum absolute atomic E-state index is 14.2. The van der Waals surface area contributed by atoms with Crippen LogP contribution in [0.5, 0.6) is 0 Å². The molecule has 0 saturated heterocycles. The topological polar surface area (TPSA) is 80.5 Å². The van der Waals surface area contributed by atoms with Gasteiger partial charge >= 0.3 is 0 Å². The van der Waals surface area contributed by atoms with Crippen LogP contribution >= 0.6 is 11.6 Å². The second kappa shape index (κ2) is 4.91. The van der Waals surface area contributed by atoms with Crippen molar-refractivity contribution in [3.05, 3.63) is 35.0 Å². The number of anilines is 1. The van der Waals surface area contributed by atoms with Crippen LogP contribution in [0.15, 0.2) is 18.5 Å². The van der Waals surface area contributed by atoms with Gasteiger partial charge < -0.3 is 10.7 Å². The molecular weight excluding hydrogens is 305 g/mol. The summed E-state index contributed by atoms with van der Waals surface area (Å²) in [5.74, 6) is -0.398. The van der Waals surface area contributed by atoms with Crippen molar-refractivity contribution in [3.63, 3.8) is 0 Å². The Morgan fingerprint density at radius 1 is 1.27 bits per heavy atom. The van der Waals surface area contributed by atoms with E-state index >= 15 is 0 Å². The highest BCUT2D eigenvalue weighted by atomic mass is 35.5. The van der Waals surface area contributed by atoms with Gasteiger partial charge in [-0.15, -0.1) is 0 Å². The fourth-order valence-corrected chi connectivity index (χ4v) is 2.40.